The third-order valence-electron chi connectivity index (χ3n) is 11.9. The number of benzene rings is 10. The van der Waals surface area contributed by atoms with Crippen molar-refractivity contribution in [3.8, 4) is 45.3 Å². The molecule has 0 fully saturated rings. The molecule has 0 N–H and O–H groups in total. The molecule has 12 aromatic rings. The molecule has 0 atom stereocenters. The smallest absolute Gasteiger partial charge is 0.0992 e. The Hall–Kier alpha value is -7.80. The zero-order chi connectivity index (χ0) is 37.6. The van der Waals surface area contributed by atoms with Gasteiger partial charge in [0.25, 0.3) is 0 Å². The molecule has 262 valence electrons. The maximum absolute atomic E-state index is 9.92. The third-order valence-corrected chi connectivity index (χ3v) is 11.9. The van der Waals surface area contributed by atoms with Crippen molar-refractivity contribution in [3.63, 3.8) is 0 Å². The quantitative estimate of drug-likeness (QED) is 0.170. The number of para-hydroxylation sites is 1. The molecule has 57 heavy (non-hydrogen) atoms. The summed E-state index contributed by atoms with van der Waals surface area (Å²) in [5.74, 6) is 0. The molecule has 2 heterocycles. The second-order valence-corrected chi connectivity index (χ2v) is 15.0. The van der Waals surface area contributed by atoms with E-state index < -0.39 is 0 Å². The summed E-state index contributed by atoms with van der Waals surface area (Å²) in [5, 5.41) is 24.4. The molecule has 0 spiro atoms. The van der Waals surface area contributed by atoms with Crippen molar-refractivity contribution in [1.82, 2.24) is 9.55 Å². The van der Waals surface area contributed by atoms with Crippen LogP contribution in [0.15, 0.2) is 188 Å². The van der Waals surface area contributed by atoms with Gasteiger partial charge in [0, 0.05) is 33.8 Å². The first-order valence-corrected chi connectivity index (χ1v) is 19.3. The Balaban J connectivity index is 1.04. The monoisotopic (exact) mass is 721 g/mol. The first-order chi connectivity index (χ1) is 28.2. The van der Waals surface area contributed by atoms with Crippen LogP contribution < -0.4 is 0 Å². The SMILES string of the molecule is N#Cc1cc2ccc3cc(-c4ccc(-c5cc6c7ccccc7c(-c7cccc8ccccc78)cc6c6ccccc56)cn4)cc4c3c2c(c1)n4-c1ccccc1. The summed E-state index contributed by atoms with van der Waals surface area (Å²) >= 11 is 0. The minimum Gasteiger partial charge on any atom is -0.309 e. The minimum atomic E-state index is 0.655. The molecule has 12 rings (SSSR count). The highest BCUT2D eigenvalue weighted by molar-refractivity contribution is 6.26. The maximum Gasteiger partial charge on any atom is 0.0992 e. The van der Waals surface area contributed by atoms with Crippen LogP contribution in [0.25, 0.3) is 115 Å². The molecule has 0 bridgehead atoms. The molecule has 0 aliphatic rings. The molecule has 0 unspecified atom stereocenters. The summed E-state index contributed by atoms with van der Waals surface area (Å²) in [7, 11) is 0. The molecule has 0 amide bonds. The fourth-order valence-electron chi connectivity index (χ4n) is 9.43. The molecule has 0 saturated carbocycles. The molecule has 10 aromatic carbocycles. The van der Waals surface area contributed by atoms with Crippen molar-refractivity contribution < 1.29 is 0 Å². The lowest BCUT2D eigenvalue weighted by molar-refractivity contribution is 1.18. The number of nitriles is 1. The van der Waals surface area contributed by atoms with Crippen LogP contribution in [0, 0.1) is 11.3 Å². The van der Waals surface area contributed by atoms with Crippen LogP contribution in [0.5, 0.6) is 0 Å². The molecular formula is C54H31N3. The number of hydrogen-bond acceptors (Lipinski definition) is 2. The maximum atomic E-state index is 9.92. The highest BCUT2D eigenvalue weighted by atomic mass is 15.0. The number of nitrogens with zero attached hydrogens (tertiary/aromatic N) is 3. The highest BCUT2D eigenvalue weighted by Gasteiger charge is 2.20. The standard InChI is InChI=1S/C54H31N3/c55-31-33-25-35-21-22-36-27-38(28-52-54(36)53(35)51(26-33)57(52)39-13-2-1-3-14-39)50-24-23-37(32-56-50)46-29-48-45-19-9-8-18-44(45)47(30-49(48)43-17-7-6-16-42(43)46)41-20-10-12-34-11-4-5-15-40(34)41/h1-30,32H. The Morgan fingerprint density at radius 3 is 1.74 bits per heavy atom. The van der Waals surface area contributed by atoms with Crippen molar-refractivity contribution in [2.24, 2.45) is 0 Å². The van der Waals surface area contributed by atoms with Gasteiger partial charge in [0.15, 0.2) is 0 Å². The molecule has 3 heteroatoms. The van der Waals surface area contributed by atoms with Crippen LogP contribution in [-0.2, 0) is 0 Å². The van der Waals surface area contributed by atoms with Gasteiger partial charge in [-0.3, -0.25) is 4.98 Å². The van der Waals surface area contributed by atoms with Gasteiger partial charge < -0.3 is 4.57 Å². The summed E-state index contributed by atoms with van der Waals surface area (Å²) in [6.07, 6.45) is 2.03. The van der Waals surface area contributed by atoms with Gasteiger partial charge in [-0.2, -0.15) is 5.26 Å². The van der Waals surface area contributed by atoms with E-state index in [0.29, 0.717) is 5.56 Å². The minimum absolute atomic E-state index is 0.655. The third kappa shape index (κ3) is 4.68. The van der Waals surface area contributed by atoms with Gasteiger partial charge >= 0.3 is 0 Å². The Morgan fingerprint density at radius 1 is 0.404 bits per heavy atom. The zero-order valence-corrected chi connectivity index (χ0v) is 30.7. The van der Waals surface area contributed by atoms with Gasteiger partial charge in [-0.15, -0.1) is 0 Å². The van der Waals surface area contributed by atoms with E-state index >= 15 is 0 Å². The van der Waals surface area contributed by atoms with Crippen LogP contribution in [0.3, 0.4) is 0 Å². The van der Waals surface area contributed by atoms with Crippen LogP contribution in [-0.4, -0.2) is 9.55 Å². The lowest BCUT2D eigenvalue weighted by atomic mass is 9.87. The molecule has 0 saturated heterocycles. The predicted octanol–water partition coefficient (Wildman–Crippen LogP) is 14.3. The average Bonchev–Trinajstić information content (AvgIpc) is 3.62. The van der Waals surface area contributed by atoms with Gasteiger partial charge in [-0.05, 0) is 125 Å². The fraction of sp³-hybridized carbons (Fsp3) is 0. The normalized spacial score (nSPS) is 11.8. The Morgan fingerprint density at radius 2 is 1.02 bits per heavy atom. The van der Waals surface area contributed by atoms with E-state index in [1.165, 1.54) is 70.6 Å². The van der Waals surface area contributed by atoms with Gasteiger partial charge in [0.05, 0.1) is 28.4 Å². The van der Waals surface area contributed by atoms with Gasteiger partial charge in [-0.25, -0.2) is 0 Å². The van der Waals surface area contributed by atoms with E-state index in [-0.39, 0.29) is 0 Å². The van der Waals surface area contributed by atoms with Crippen LogP contribution >= 0.6 is 0 Å². The largest absolute Gasteiger partial charge is 0.309 e. The summed E-state index contributed by atoms with van der Waals surface area (Å²) < 4.78 is 2.29. The Kier molecular flexibility index (Phi) is 6.70. The van der Waals surface area contributed by atoms with Crippen LogP contribution in [0.2, 0.25) is 0 Å². The van der Waals surface area contributed by atoms with E-state index in [0.717, 1.165) is 44.3 Å². The second kappa shape index (κ2) is 12.1. The fourth-order valence-corrected chi connectivity index (χ4v) is 9.43. The molecule has 0 aliphatic carbocycles. The second-order valence-electron chi connectivity index (χ2n) is 15.0. The number of fused-ring (bicyclic) bond motifs is 6. The molecule has 3 nitrogen and oxygen atoms in total. The van der Waals surface area contributed by atoms with Crippen molar-refractivity contribution in [2.75, 3.05) is 0 Å². The van der Waals surface area contributed by atoms with E-state index in [2.05, 4.69) is 174 Å². The van der Waals surface area contributed by atoms with Crippen molar-refractivity contribution in [1.29, 1.82) is 5.26 Å². The molecule has 0 radical (unpaired) electrons. The zero-order valence-electron chi connectivity index (χ0n) is 30.7. The molecular weight excluding hydrogens is 691 g/mol. The van der Waals surface area contributed by atoms with E-state index in [1.807, 2.05) is 24.4 Å². The van der Waals surface area contributed by atoms with E-state index in [4.69, 9.17) is 4.98 Å². The lowest BCUT2D eigenvalue weighted by Gasteiger charge is -2.17. The summed E-state index contributed by atoms with van der Waals surface area (Å²) in [6, 6.07) is 67.7. The van der Waals surface area contributed by atoms with Gasteiger partial charge in [0.1, 0.15) is 0 Å². The number of hydrogen-bond donors (Lipinski definition) is 0. The predicted molar refractivity (Wildman–Crippen MR) is 238 cm³/mol. The van der Waals surface area contributed by atoms with Crippen molar-refractivity contribution >= 4 is 75.7 Å². The lowest BCUT2D eigenvalue weighted by Crippen LogP contribution is -1.94. The summed E-state index contributed by atoms with van der Waals surface area (Å²) in [6.45, 7) is 0. The molecule has 0 aliphatic heterocycles. The van der Waals surface area contributed by atoms with Crippen LogP contribution in [0.4, 0.5) is 0 Å². The first-order valence-electron chi connectivity index (χ1n) is 19.3. The topological polar surface area (TPSA) is 41.6 Å². The number of aromatic nitrogens is 2. The Bertz CT molecular complexity index is 3620. The summed E-state index contributed by atoms with van der Waals surface area (Å²) in [4.78, 5) is 5.16. The molecule has 2 aromatic heterocycles. The first kappa shape index (κ1) is 31.5. The van der Waals surface area contributed by atoms with Crippen molar-refractivity contribution in [2.45, 2.75) is 0 Å². The van der Waals surface area contributed by atoms with Gasteiger partial charge in [0.2, 0.25) is 0 Å². The van der Waals surface area contributed by atoms with E-state index in [1.54, 1.807) is 0 Å². The van der Waals surface area contributed by atoms with Crippen molar-refractivity contribution in [3.05, 3.63) is 194 Å². The van der Waals surface area contributed by atoms with E-state index in [9.17, 15) is 5.26 Å². The average molecular weight is 722 g/mol. The van der Waals surface area contributed by atoms with Gasteiger partial charge in [-0.1, -0.05) is 127 Å². The number of rotatable bonds is 4. The van der Waals surface area contributed by atoms with Crippen LogP contribution in [0.1, 0.15) is 5.56 Å². The number of pyridine rings is 1. The Labute approximate surface area is 328 Å². The highest BCUT2D eigenvalue weighted by Crippen LogP contribution is 2.44. The summed E-state index contributed by atoms with van der Waals surface area (Å²) in [5.41, 5.74) is 10.6.